The molecule has 0 aliphatic heterocycles. The fourth-order valence-electron chi connectivity index (χ4n) is 2.25. The van der Waals surface area contributed by atoms with E-state index in [1.807, 2.05) is 24.3 Å². The van der Waals surface area contributed by atoms with Gasteiger partial charge in [0, 0.05) is 5.56 Å². The van der Waals surface area contributed by atoms with Gasteiger partial charge in [0.1, 0.15) is 5.52 Å². The highest BCUT2D eigenvalue weighted by Gasteiger charge is 2.12. The molecule has 0 spiro atoms. The third-order valence-electron chi connectivity index (χ3n) is 3.55. The largest absolute Gasteiger partial charge is 0.457 e. The zero-order chi connectivity index (χ0) is 17.8. The van der Waals surface area contributed by atoms with E-state index in [-0.39, 0.29) is 23.8 Å². The third kappa shape index (κ3) is 4.15. The number of esters is 1. The second kappa shape index (κ2) is 7.63. The SMILES string of the molecule is O=C(CCn1nnc2ccccc21)OCC(=O)c1ccc(Cl)c(Cl)c1. The number of halogens is 2. The zero-order valence-electron chi connectivity index (χ0n) is 13.0. The summed E-state index contributed by atoms with van der Waals surface area (Å²) in [6.07, 6.45) is 0.0853. The molecule has 0 saturated carbocycles. The van der Waals surface area contributed by atoms with Crippen molar-refractivity contribution in [3.8, 4) is 0 Å². The standard InChI is InChI=1S/C17H13Cl2N3O3/c18-12-6-5-11(9-13(12)19)16(23)10-25-17(24)7-8-22-15-4-2-1-3-14(15)20-21-22/h1-6,9H,7-8,10H2. The van der Waals surface area contributed by atoms with Gasteiger partial charge in [0.15, 0.2) is 12.4 Å². The average Bonchev–Trinajstić information content (AvgIpc) is 3.03. The van der Waals surface area contributed by atoms with Crippen molar-refractivity contribution in [1.82, 2.24) is 15.0 Å². The van der Waals surface area contributed by atoms with Gasteiger partial charge in [0.2, 0.25) is 0 Å². The van der Waals surface area contributed by atoms with E-state index in [1.54, 1.807) is 4.68 Å². The van der Waals surface area contributed by atoms with E-state index in [9.17, 15) is 9.59 Å². The van der Waals surface area contributed by atoms with E-state index in [2.05, 4.69) is 10.3 Å². The molecule has 0 unspecified atom stereocenters. The Morgan fingerprint density at radius 1 is 1.08 bits per heavy atom. The molecule has 128 valence electrons. The molecule has 25 heavy (non-hydrogen) atoms. The van der Waals surface area contributed by atoms with Gasteiger partial charge in [-0.25, -0.2) is 4.68 Å². The molecule has 0 bridgehead atoms. The minimum Gasteiger partial charge on any atom is -0.457 e. The van der Waals surface area contributed by atoms with Crippen LogP contribution in [0.2, 0.25) is 10.0 Å². The molecule has 3 rings (SSSR count). The lowest BCUT2D eigenvalue weighted by Gasteiger charge is -2.06. The van der Waals surface area contributed by atoms with E-state index in [4.69, 9.17) is 27.9 Å². The number of nitrogens with zero attached hydrogens (tertiary/aromatic N) is 3. The Hall–Kier alpha value is -2.44. The van der Waals surface area contributed by atoms with Crippen LogP contribution in [0.15, 0.2) is 42.5 Å². The normalized spacial score (nSPS) is 10.8. The summed E-state index contributed by atoms with van der Waals surface area (Å²) in [6.45, 7) is -0.0325. The van der Waals surface area contributed by atoms with Crippen molar-refractivity contribution in [3.05, 3.63) is 58.1 Å². The summed E-state index contributed by atoms with van der Waals surface area (Å²) >= 11 is 11.7. The van der Waals surface area contributed by atoms with E-state index in [0.717, 1.165) is 11.0 Å². The molecule has 3 aromatic rings. The molecule has 1 aromatic heterocycles. The number of hydrogen-bond acceptors (Lipinski definition) is 5. The summed E-state index contributed by atoms with van der Waals surface area (Å²) in [5.41, 5.74) is 1.93. The third-order valence-corrected chi connectivity index (χ3v) is 4.29. The second-order valence-corrected chi connectivity index (χ2v) is 6.08. The number of carbonyl (C=O) groups excluding carboxylic acids is 2. The van der Waals surface area contributed by atoms with E-state index >= 15 is 0 Å². The summed E-state index contributed by atoms with van der Waals surface area (Å²) in [5, 5.41) is 8.63. The quantitative estimate of drug-likeness (QED) is 0.484. The van der Waals surface area contributed by atoms with Crippen molar-refractivity contribution in [2.45, 2.75) is 13.0 Å². The van der Waals surface area contributed by atoms with Crippen LogP contribution in [0.1, 0.15) is 16.8 Å². The number of aryl methyl sites for hydroxylation is 1. The van der Waals surface area contributed by atoms with Gasteiger partial charge >= 0.3 is 5.97 Å². The van der Waals surface area contributed by atoms with Crippen LogP contribution >= 0.6 is 23.2 Å². The van der Waals surface area contributed by atoms with Crippen molar-refractivity contribution in [2.24, 2.45) is 0 Å². The minimum absolute atomic E-state index is 0.0853. The molecule has 0 N–H and O–H groups in total. The van der Waals surface area contributed by atoms with Crippen LogP contribution in [0.4, 0.5) is 0 Å². The van der Waals surface area contributed by atoms with Gasteiger partial charge in [-0.1, -0.05) is 40.5 Å². The predicted octanol–water partition coefficient (Wildman–Crippen LogP) is 3.55. The van der Waals surface area contributed by atoms with Crippen LogP contribution in [-0.2, 0) is 16.1 Å². The highest BCUT2D eigenvalue weighted by atomic mass is 35.5. The molecule has 1 heterocycles. The number of Topliss-reactive ketones (excluding diaryl/α,β-unsaturated/α-hetero) is 1. The Morgan fingerprint density at radius 3 is 2.68 bits per heavy atom. The molecule has 0 amide bonds. The van der Waals surface area contributed by atoms with Crippen LogP contribution in [0.5, 0.6) is 0 Å². The first-order valence-corrected chi connectivity index (χ1v) is 8.22. The summed E-state index contributed by atoms with van der Waals surface area (Å²) in [4.78, 5) is 23.9. The number of aromatic nitrogens is 3. The average molecular weight is 378 g/mol. The number of fused-ring (bicyclic) bond motifs is 1. The molecule has 0 atom stereocenters. The maximum atomic E-state index is 12.0. The van der Waals surface area contributed by atoms with Crippen LogP contribution in [-0.4, -0.2) is 33.4 Å². The van der Waals surface area contributed by atoms with Gasteiger partial charge in [-0.15, -0.1) is 5.10 Å². The Kier molecular flexibility index (Phi) is 5.31. The molecule has 0 aliphatic rings. The lowest BCUT2D eigenvalue weighted by molar-refractivity contribution is -0.142. The van der Waals surface area contributed by atoms with Crippen LogP contribution in [0.3, 0.4) is 0 Å². The molecule has 0 radical (unpaired) electrons. The minimum atomic E-state index is -0.493. The first-order chi connectivity index (χ1) is 12.0. The molecular formula is C17H13Cl2N3O3. The number of rotatable bonds is 6. The van der Waals surface area contributed by atoms with Crippen molar-refractivity contribution < 1.29 is 14.3 Å². The smallest absolute Gasteiger partial charge is 0.308 e. The summed E-state index contributed by atoms with van der Waals surface area (Å²) in [7, 11) is 0. The van der Waals surface area contributed by atoms with Crippen LogP contribution in [0, 0.1) is 0 Å². The number of ether oxygens (including phenoxy) is 1. The van der Waals surface area contributed by atoms with Gasteiger partial charge in [0.05, 0.1) is 28.5 Å². The van der Waals surface area contributed by atoms with Crippen molar-refractivity contribution in [3.63, 3.8) is 0 Å². The topological polar surface area (TPSA) is 74.1 Å². The molecule has 0 fully saturated rings. The van der Waals surface area contributed by atoms with E-state index in [1.165, 1.54) is 18.2 Å². The fraction of sp³-hybridized carbons (Fsp3) is 0.176. The first kappa shape index (κ1) is 17.4. The molecule has 0 aliphatic carbocycles. The molecule has 0 saturated heterocycles. The fourth-order valence-corrected chi connectivity index (χ4v) is 2.55. The highest BCUT2D eigenvalue weighted by molar-refractivity contribution is 6.42. The van der Waals surface area contributed by atoms with Gasteiger partial charge in [-0.05, 0) is 30.3 Å². The number of ketones is 1. The summed E-state index contributed by atoms with van der Waals surface area (Å²) in [6, 6.07) is 11.9. The zero-order valence-corrected chi connectivity index (χ0v) is 14.5. The maximum Gasteiger partial charge on any atom is 0.308 e. The predicted molar refractivity (Wildman–Crippen MR) is 93.9 cm³/mol. The molecular weight excluding hydrogens is 365 g/mol. The van der Waals surface area contributed by atoms with E-state index < -0.39 is 5.97 Å². The van der Waals surface area contributed by atoms with Gasteiger partial charge in [0.25, 0.3) is 0 Å². The van der Waals surface area contributed by atoms with Crippen LogP contribution < -0.4 is 0 Å². The molecule has 6 nitrogen and oxygen atoms in total. The van der Waals surface area contributed by atoms with Crippen molar-refractivity contribution in [1.29, 1.82) is 0 Å². The number of hydrogen-bond donors (Lipinski definition) is 0. The van der Waals surface area contributed by atoms with Gasteiger partial charge < -0.3 is 4.74 Å². The Morgan fingerprint density at radius 2 is 1.88 bits per heavy atom. The number of carbonyl (C=O) groups is 2. The summed E-state index contributed by atoms with van der Waals surface area (Å²) in [5.74, 6) is -0.842. The second-order valence-electron chi connectivity index (χ2n) is 5.26. The van der Waals surface area contributed by atoms with Crippen LogP contribution in [0.25, 0.3) is 11.0 Å². The summed E-state index contributed by atoms with van der Waals surface area (Å²) < 4.78 is 6.64. The first-order valence-electron chi connectivity index (χ1n) is 7.46. The van der Waals surface area contributed by atoms with Gasteiger partial charge in [-0.3, -0.25) is 9.59 Å². The Balaban J connectivity index is 1.52. The number of para-hydroxylation sites is 1. The monoisotopic (exact) mass is 377 g/mol. The van der Waals surface area contributed by atoms with Crippen molar-refractivity contribution >= 4 is 46.0 Å². The van der Waals surface area contributed by atoms with Gasteiger partial charge in [-0.2, -0.15) is 0 Å². The number of benzene rings is 2. The lowest BCUT2D eigenvalue weighted by atomic mass is 10.1. The maximum absolute atomic E-state index is 12.0. The lowest BCUT2D eigenvalue weighted by Crippen LogP contribution is -2.16. The van der Waals surface area contributed by atoms with E-state index in [0.29, 0.717) is 17.1 Å². The Labute approximate surface area is 153 Å². The molecule has 8 heteroatoms. The Bertz CT molecular complexity index is 940. The molecule has 2 aromatic carbocycles. The van der Waals surface area contributed by atoms with Crippen molar-refractivity contribution in [2.75, 3.05) is 6.61 Å². The highest BCUT2D eigenvalue weighted by Crippen LogP contribution is 2.22.